The molecule has 0 rings (SSSR count). The van der Waals surface area contributed by atoms with Gasteiger partial charge in [-0.3, -0.25) is 0 Å². The molecule has 0 amide bonds. The fourth-order valence-corrected chi connectivity index (χ4v) is 2.95. The van der Waals surface area contributed by atoms with E-state index in [-0.39, 0.29) is 0 Å². The average molecular weight is 289 g/mol. The highest BCUT2D eigenvalue weighted by Gasteiger charge is 2.28. The minimum absolute atomic E-state index is 0.515. The van der Waals surface area contributed by atoms with E-state index in [1.165, 1.54) is 56.8 Å². The third-order valence-electron chi connectivity index (χ3n) is 4.03. The maximum atomic E-state index is 7.18. The molecule has 0 spiro atoms. The van der Waals surface area contributed by atoms with Crippen LogP contribution in [0.15, 0.2) is 0 Å². The SMILES string of the molecule is CCCCCCC(CC)C(P)(CC)CC.N#CS. The summed E-state index contributed by atoms with van der Waals surface area (Å²) in [5.41, 5.74) is 0. The molecule has 0 aromatic heterocycles. The summed E-state index contributed by atoms with van der Waals surface area (Å²) in [5.74, 6) is 0.911. The minimum Gasteiger partial charge on any atom is -0.185 e. The number of hydrogen-bond acceptors (Lipinski definition) is 2. The molecule has 0 bridgehead atoms. The second kappa shape index (κ2) is 13.7. The third-order valence-corrected chi connectivity index (χ3v) is 5.32. The topological polar surface area (TPSA) is 23.8 Å². The zero-order valence-electron chi connectivity index (χ0n) is 12.7. The highest BCUT2D eigenvalue weighted by Crippen LogP contribution is 2.39. The Kier molecular flexibility index (Phi) is 15.7. The average Bonchev–Trinajstić information content (AvgIpc) is 2.39. The molecule has 0 saturated carbocycles. The molecule has 0 saturated heterocycles. The molecular weight excluding hydrogens is 257 g/mol. The van der Waals surface area contributed by atoms with E-state index in [0.29, 0.717) is 5.16 Å². The Bertz CT molecular complexity index is 209. The highest BCUT2D eigenvalue weighted by atomic mass is 32.1. The second-order valence-corrected chi connectivity index (χ2v) is 6.34. The summed E-state index contributed by atoms with van der Waals surface area (Å²) < 4.78 is 0. The lowest BCUT2D eigenvalue weighted by molar-refractivity contribution is 0.314. The number of unbranched alkanes of at least 4 members (excludes halogenated alkanes) is 3. The molecule has 0 radical (unpaired) electrons. The van der Waals surface area contributed by atoms with Gasteiger partial charge >= 0.3 is 0 Å². The van der Waals surface area contributed by atoms with Crippen molar-refractivity contribution in [2.24, 2.45) is 5.92 Å². The van der Waals surface area contributed by atoms with E-state index < -0.39 is 0 Å². The zero-order chi connectivity index (χ0) is 14.4. The van der Waals surface area contributed by atoms with Crippen LogP contribution in [0.2, 0.25) is 0 Å². The van der Waals surface area contributed by atoms with Crippen molar-refractivity contribution in [3.8, 4) is 5.40 Å². The molecule has 0 aliphatic carbocycles. The predicted octanol–water partition coefficient (Wildman–Crippen LogP) is 5.81. The maximum absolute atomic E-state index is 7.18. The van der Waals surface area contributed by atoms with Crippen molar-refractivity contribution in [1.29, 1.82) is 5.26 Å². The molecule has 108 valence electrons. The highest BCUT2D eigenvalue weighted by molar-refractivity contribution is 7.85. The Morgan fingerprint density at radius 2 is 1.61 bits per heavy atom. The molecule has 0 fully saturated rings. The van der Waals surface area contributed by atoms with E-state index in [2.05, 4.69) is 49.6 Å². The normalized spacial score (nSPS) is 12.3. The van der Waals surface area contributed by atoms with Gasteiger partial charge in [0.1, 0.15) is 5.40 Å². The van der Waals surface area contributed by atoms with Crippen LogP contribution in [0.25, 0.3) is 0 Å². The zero-order valence-corrected chi connectivity index (χ0v) is 14.8. The molecule has 18 heavy (non-hydrogen) atoms. The van der Waals surface area contributed by atoms with Crippen molar-refractivity contribution in [2.75, 3.05) is 0 Å². The summed E-state index contributed by atoms with van der Waals surface area (Å²) in [7, 11) is 3.15. The van der Waals surface area contributed by atoms with Crippen molar-refractivity contribution in [3.05, 3.63) is 0 Å². The van der Waals surface area contributed by atoms with Gasteiger partial charge in [-0.05, 0) is 30.3 Å². The Labute approximate surface area is 123 Å². The van der Waals surface area contributed by atoms with Crippen molar-refractivity contribution < 1.29 is 0 Å². The number of rotatable bonds is 9. The van der Waals surface area contributed by atoms with Crippen LogP contribution in [-0.2, 0) is 0 Å². The van der Waals surface area contributed by atoms with Gasteiger partial charge in [0.25, 0.3) is 0 Å². The van der Waals surface area contributed by atoms with E-state index in [1.807, 2.05) is 0 Å². The van der Waals surface area contributed by atoms with Crippen LogP contribution >= 0.6 is 21.9 Å². The van der Waals surface area contributed by atoms with Crippen LogP contribution in [0.3, 0.4) is 0 Å². The molecule has 0 N–H and O–H groups in total. The maximum Gasteiger partial charge on any atom is 0.130 e. The van der Waals surface area contributed by atoms with E-state index in [4.69, 9.17) is 5.26 Å². The Morgan fingerprint density at radius 3 is 1.94 bits per heavy atom. The summed E-state index contributed by atoms with van der Waals surface area (Å²) in [6.07, 6.45) is 11.0. The molecule has 0 aromatic carbocycles. The summed E-state index contributed by atoms with van der Waals surface area (Å²) in [6.45, 7) is 9.32. The monoisotopic (exact) mass is 289 g/mol. The first-order chi connectivity index (χ1) is 8.55. The van der Waals surface area contributed by atoms with E-state index in [9.17, 15) is 0 Å². The Hall–Kier alpha value is 0.270. The fourth-order valence-electron chi connectivity index (χ4n) is 2.54. The van der Waals surface area contributed by atoms with Crippen LogP contribution < -0.4 is 0 Å². The molecule has 2 unspecified atom stereocenters. The van der Waals surface area contributed by atoms with Gasteiger partial charge < -0.3 is 0 Å². The summed E-state index contributed by atoms with van der Waals surface area (Å²) in [5, 5.41) is 9.14. The molecular formula is C15H32NPS. The molecule has 0 aromatic rings. The molecule has 0 heterocycles. The van der Waals surface area contributed by atoms with Crippen molar-refractivity contribution in [3.63, 3.8) is 0 Å². The first-order valence-corrected chi connectivity index (χ1v) is 8.40. The van der Waals surface area contributed by atoms with Crippen LogP contribution in [0.5, 0.6) is 0 Å². The standard InChI is InChI=1S/C14H31P.CHNS/c1-5-9-10-11-12-13(6-2)14(15,7-3)8-4;2-1-3/h13H,5-12,15H2,1-4H3;3H. The Balaban J connectivity index is 0. The van der Waals surface area contributed by atoms with Gasteiger partial charge in [-0.25, -0.2) is 0 Å². The molecule has 2 atom stereocenters. The molecule has 1 nitrogen and oxygen atoms in total. The van der Waals surface area contributed by atoms with Gasteiger partial charge in [0.05, 0.1) is 0 Å². The van der Waals surface area contributed by atoms with Gasteiger partial charge in [0.2, 0.25) is 0 Å². The molecule has 3 heteroatoms. The lowest BCUT2D eigenvalue weighted by Gasteiger charge is -2.36. The summed E-state index contributed by atoms with van der Waals surface area (Å²) in [4.78, 5) is 0. The minimum atomic E-state index is 0.515. The smallest absolute Gasteiger partial charge is 0.130 e. The van der Waals surface area contributed by atoms with Gasteiger partial charge in [0, 0.05) is 0 Å². The lowest BCUT2D eigenvalue weighted by atomic mass is 9.81. The number of hydrogen-bond donors (Lipinski definition) is 1. The number of thiocyanates is 1. The Morgan fingerprint density at radius 1 is 1.11 bits per heavy atom. The molecule has 0 aliphatic rings. The van der Waals surface area contributed by atoms with Crippen molar-refractivity contribution in [1.82, 2.24) is 0 Å². The summed E-state index contributed by atoms with van der Waals surface area (Å²) >= 11 is 3.09. The third kappa shape index (κ3) is 9.23. The van der Waals surface area contributed by atoms with Gasteiger partial charge in [-0.2, -0.15) is 5.26 Å². The van der Waals surface area contributed by atoms with Crippen LogP contribution in [0, 0.1) is 16.6 Å². The second-order valence-electron chi connectivity index (χ2n) is 4.99. The van der Waals surface area contributed by atoms with Gasteiger partial charge in [-0.1, -0.05) is 72.4 Å². The van der Waals surface area contributed by atoms with Crippen LogP contribution in [0.1, 0.15) is 79.1 Å². The van der Waals surface area contributed by atoms with Gasteiger partial charge in [-0.15, -0.1) is 9.24 Å². The quantitative estimate of drug-likeness (QED) is 0.246. The van der Waals surface area contributed by atoms with Crippen LogP contribution in [0.4, 0.5) is 0 Å². The van der Waals surface area contributed by atoms with E-state index in [1.54, 1.807) is 0 Å². The number of thiol groups is 1. The van der Waals surface area contributed by atoms with E-state index in [0.717, 1.165) is 5.92 Å². The largest absolute Gasteiger partial charge is 0.185 e. The van der Waals surface area contributed by atoms with Crippen LogP contribution in [-0.4, -0.2) is 5.16 Å². The fraction of sp³-hybridized carbons (Fsp3) is 0.933. The van der Waals surface area contributed by atoms with Crippen molar-refractivity contribution in [2.45, 2.75) is 84.2 Å². The van der Waals surface area contributed by atoms with Gasteiger partial charge in [0.15, 0.2) is 0 Å². The number of nitrogens with zero attached hydrogens (tertiary/aromatic N) is 1. The number of nitriles is 1. The lowest BCUT2D eigenvalue weighted by Crippen LogP contribution is -2.29. The predicted molar refractivity (Wildman–Crippen MR) is 90.2 cm³/mol. The van der Waals surface area contributed by atoms with E-state index >= 15 is 0 Å². The summed E-state index contributed by atoms with van der Waals surface area (Å²) in [6, 6.07) is 0. The van der Waals surface area contributed by atoms with Crippen molar-refractivity contribution >= 4 is 21.9 Å². The first-order valence-electron chi connectivity index (χ1n) is 7.38. The first kappa shape index (κ1) is 20.6. The molecule has 0 aliphatic heterocycles.